The molecule has 0 N–H and O–H groups in total. The van der Waals surface area contributed by atoms with Gasteiger partial charge in [0, 0.05) is 23.7 Å². The van der Waals surface area contributed by atoms with Gasteiger partial charge in [-0.15, -0.1) is 0 Å². The van der Waals surface area contributed by atoms with Crippen LogP contribution in [0.25, 0.3) is 10.2 Å². The largest absolute Gasteiger partial charge is 0.380 e. The van der Waals surface area contributed by atoms with Crippen molar-refractivity contribution in [2.24, 2.45) is 4.99 Å². The van der Waals surface area contributed by atoms with E-state index in [-0.39, 0.29) is 11.3 Å². The predicted octanol–water partition coefficient (Wildman–Crippen LogP) is 4.15. The third kappa shape index (κ3) is 4.32. The van der Waals surface area contributed by atoms with Crippen LogP contribution in [0.3, 0.4) is 0 Å². The standard InChI is InChI=1S/C18H16BrN3O4S/c1-2-26-10-9-21-15-8-7-12(19)11-16(15)27-18(21)20-17(23)13-5-3-4-6-14(13)22(24)25/h3-8,11H,2,9-10H2,1H3. The topological polar surface area (TPSA) is 86.7 Å². The molecule has 7 nitrogen and oxygen atoms in total. The second kappa shape index (κ2) is 8.55. The van der Waals surface area contributed by atoms with Crippen molar-refractivity contribution in [3.63, 3.8) is 0 Å². The Hall–Kier alpha value is -2.36. The minimum Gasteiger partial charge on any atom is -0.380 e. The lowest BCUT2D eigenvalue weighted by atomic mass is 10.2. The Bertz CT molecular complexity index is 1070. The minimum absolute atomic E-state index is 0.0301. The summed E-state index contributed by atoms with van der Waals surface area (Å²) in [6.45, 7) is 3.51. The highest BCUT2D eigenvalue weighted by Gasteiger charge is 2.19. The van der Waals surface area contributed by atoms with E-state index in [1.54, 1.807) is 6.07 Å². The van der Waals surface area contributed by atoms with Crippen molar-refractivity contribution in [3.8, 4) is 0 Å². The van der Waals surface area contributed by atoms with Gasteiger partial charge in [-0.2, -0.15) is 4.99 Å². The van der Waals surface area contributed by atoms with Crippen molar-refractivity contribution in [2.45, 2.75) is 13.5 Å². The molecular weight excluding hydrogens is 434 g/mol. The highest BCUT2D eigenvalue weighted by Crippen LogP contribution is 2.23. The molecular formula is C18H16BrN3O4S. The van der Waals surface area contributed by atoms with Gasteiger partial charge < -0.3 is 9.30 Å². The Morgan fingerprint density at radius 3 is 2.85 bits per heavy atom. The number of thiazole rings is 1. The first kappa shape index (κ1) is 19.4. The van der Waals surface area contributed by atoms with Crippen molar-refractivity contribution < 1.29 is 14.5 Å². The van der Waals surface area contributed by atoms with Crippen LogP contribution in [-0.4, -0.2) is 28.6 Å². The highest BCUT2D eigenvalue weighted by atomic mass is 79.9. The zero-order valence-electron chi connectivity index (χ0n) is 14.4. The number of para-hydroxylation sites is 1. The average Bonchev–Trinajstić information content (AvgIpc) is 2.98. The highest BCUT2D eigenvalue weighted by molar-refractivity contribution is 9.10. The van der Waals surface area contributed by atoms with E-state index in [1.807, 2.05) is 29.7 Å². The van der Waals surface area contributed by atoms with Gasteiger partial charge in [-0.05, 0) is 31.2 Å². The number of hydrogen-bond donors (Lipinski definition) is 0. The van der Waals surface area contributed by atoms with E-state index in [0.29, 0.717) is 24.6 Å². The molecule has 0 atom stereocenters. The van der Waals surface area contributed by atoms with Gasteiger partial charge in [0.15, 0.2) is 4.80 Å². The van der Waals surface area contributed by atoms with Crippen molar-refractivity contribution >= 4 is 49.1 Å². The third-order valence-electron chi connectivity index (χ3n) is 3.84. The molecule has 0 aliphatic carbocycles. The van der Waals surface area contributed by atoms with E-state index < -0.39 is 10.8 Å². The lowest BCUT2D eigenvalue weighted by molar-refractivity contribution is -0.385. The van der Waals surface area contributed by atoms with E-state index in [2.05, 4.69) is 20.9 Å². The molecule has 27 heavy (non-hydrogen) atoms. The van der Waals surface area contributed by atoms with Gasteiger partial charge in [-0.1, -0.05) is 39.4 Å². The minimum atomic E-state index is -0.641. The number of rotatable bonds is 6. The molecule has 9 heteroatoms. The smallest absolute Gasteiger partial charge is 0.286 e. The fourth-order valence-corrected chi connectivity index (χ4v) is 4.22. The molecule has 0 aliphatic rings. The van der Waals surface area contributed by atoms with Crippen molar-refractivity contribution in [2.75, 3.05) is 13.2 Å². The molecule has 0 radical (unpaired) electrons. The van der Waals surface area contributed by atoms with Crippen LogP contribution < -0.4 is 4.80 Å². The monoisotopic (exact) mass is 449 g/mol. The predicted molar refractivity (Wildman–Crippen MR) is 107 cm³/mol. The molecule has 1 amide bonds. The summed E-state index contributed by atoms with van der Waals surface area (Å²) in [5.41, 5.74) is 0.644. The number of ether oxygens (including phenoxy) is 1. The molecule has 0 saturated carbocycles. The SMILES string of the molecule is CCOCCn1c(=NC(=O)c2ccccc2[N+](=O)[O-])sc2cc(Br)ccc21. The Morgan fingerprint density at radius 2 is 2.11 bits per heavy atom. The Kier molecular flexibility index (Phi) is 6.15. The van der Waals surface area contributed by atoms with E-state index >= 15 is 0 Å². The molecule has 0 spiro atoms. The molecule has 0 saturated heterocycles. The summed E-state index contributed by atoms with van der Waals surface area (Å²) < 4.78 is 9.21. The summed E-state index contributed by atoms with van der Waals surface area (Å²) in [5, 5.41) is 11.2. The number of amides is 1. The fraction of sp³-hybridized carbons (Fsp3) is 0.222. The lowest BCUT2D eigenvalue weighted by Gasteiger charge is -2.05. The first-order valence-corrected chi connectivity index (χ1v) is 9.81. The number of hydrogen-bond acceptors (Lipinski definition) is 5. The summed E-state index contributed by atoms with van der Waals surface area (Å²) in [6.07, 6.45) is 0. The second-order valence-corrected chi connectivity index (χ2v) is 7.46. The molecule has 1 aromatic heterocycles. The second-order valence-electron chi connectivity index (χ2n) is 5.54. The molecule has 0 unspecified atom stereocenters. The molecule has 0 bridgehead atoms. The number of nitro benzene ring substituents is 1. The molecule has 2 aromatic carbocycles. The number of carbonyl (C=O) groups is 1. The lowest BCUT2D eigenvalue weighted by Crippen LogP contribution is -2.20. The maximum atomic E-state index is 12.6. The molecule has 3 rings (SSSR count). The summed E-state index contributed by atoms with van der Waals surface area (Å²) in [7, 11) is 0. The number of benzene rings is 2. The summed E-state index contributed by atoms with van der Waals surface area (Å²) in [4.78, 5) is 27.9. The van der Waals surface area contributed by atoms with Gasteiger partial charge in [0.2, 0.25) is 0 Å². The van der Waals surface area contributed by atoms with Gasteiger partial charge >= 0.3 is 0 Å². The van der Waals surface area contributed by atoms with Crippen LogP contribution in [0.1, 0.15) is 17.3 Å². The van der Waals surface area contributed by atoms with E-state index in [9.17, 15) is 14.9 Å². The first-order valence-electron chi connectivity index (χ1n) is 8.20. The molecule has 0 aliphatic heterocycles. The van der Waals surface area contributed by atoms with Crippen LogP contribution >= 0.6 is 27.3 Å². The van der Waals surface area contributed by atoms with E-state index in [4.69, 9.17) is 4.74 Å². The van der Waals surface area contributed by atoms with Gasteiger partial charge in [0.1, 0.15) is 5.56 Å². The number of nitro groups is 1. The van der Waals surface area contributed by atoms with Crippen LogP contribution in [0.4, 0.5) is 5.69 Å². The summed E-state index contributed by atoms with van der Waals surface area (Å²) in [5.74, 6) is -0.641. The maximum absolute atomic E-state index is 12.6. The summed E-state index contributed by atoms with van der Waals surface area (Å²) >= 11 is 4.80. The maximum Gasteiger partial charge on any atom is 0.286 e. The number of carbonyl (C=O) groups excluding carboxylic acids is 1. The Labute approximate surface area is 167 Å². The van der Waals surface area contributed by atoms with Crippen molar-refractivity contribution in [3.05, 3.63) is 67.4 Å². The van der Waals surface area contributed by atoms with Crippen molar-refractivity contribution in [1.82, 2.24) is 4.57 Å². The Balaban J connectivity index is 2.10. The van der Waals surface area contributed by atoms with Crippen LogP contribution in [0, 0.1) is 10.1 Å². The van der Waals surface area contributed by atoms with Crippen molar-refractivity contribution in [1.29, 1.82) is 0 Å². The van der Waals surface area contributed by atoms with E-state index in [0.717, 1.165) is 14.7 Å². The molecule has 1 heterocycles. The first-order chi connectivity index (χ1) is 13.0. The van der Waals surface area contributed by atoms with Gasteiger partial charge in [-0.25, -0.2) is 0 Å². The summed E-state index contributed by atoms with van der Waals surface area (Å²) in [6, 6.07) is 11.6. The van der Waals surface area contributed by atoms with E-state index in [1.165, 1.54) is 29.5 Å². The van der Waals surface area contributed by atoms with Crippen LogP contribution in [0.5, 0.6) is 0 Å². The van der Waals surface area contributed by atoms with Crippen LogP contribution in [0.15, 0.2) is 51.9 Å². The average molecular weight is 450 g/mol. The number of fused-ring (bicyclic) bond motifs is 1. The molecule has 0 fully saturated rings. The molecule has 3 aromatic rings. The Morgan fingerprint density at radius 1 is 1.33 bits per heavy atom. The molecule has 140 valence electrons. The number of aromatic nitrogens is 1. The van der Waals surface area contributed by atoms with Gasteiger partial charge in [0.05, 0.1) is 21.7 Å². The van der Waals surface area contributed by atoms with Gasteiger partial charge in [-0.3, -0.25) is 14.9 Å². The zero-order chi connectivity index (χ0) is 19.4. The number of halogens is 1. The third-order valence-corrected chi connectivity index (χ3v) is 5.37. The fourth-order valence-electron chi connectivity index (χ4n) is 2.61. The zero-order valence-corrected chi connectivity index (χ0v) is 16.8. The van der Waals surface area contributed by atoms with Gasteiger partial charge in [0.25, 0.3) is 11.6 Å². The quantitative estimate of drug-likeness (QED) is 0.321. The number of nitrogens with zero attached hydrogens (tertiary/aromatic N) is 3. The normalized spacial score (nSPS) is 11.9. The van der Waals surface area contributed by atoms with Crippen LogP contribution in [0.2, 0.25) is 0 Å². The van der Waals surface area contributed by atoms with Crippen LogP contribution in [-0.2, 0) is 11.3 Å².